The van der Waals surface area contributed by atoms with Crippen LogP contribution in [0.1, 0.15) is 26.3 Å². The lowest BCUT2D eigenvalue weighted by Crippen LogP contribution is -2.49. The predicted molar refractivity (Wildman–Crippen MR) is 94.8 cm³/mol. The molecule has 2 aromatic rings. The van der Waals surface area contributed by atoms with Crippen molar-refractivity contribution in [1.29, 1.82) is 0 Å². The molecule has 1 fully saturated rings. The molecule has 0 aliphatic carbocycles. The SMILES string of the molecule is CC(C)(C)OC(=O)N1CCN(Cc2cccc3cccnc23)CC1. The van der Waals surface area contributed by atoms with Crippen LogP contribution in [0, 0.1) is 0 Å². The zero-order valence-corrected chi connectivity index (χ0v) is 14.7. The topological polar surface area (TPSA) is 45.7 Å². The number of hydrogen-bond donors (Lipinski definition) is 0. The zero-order chi connectivity index (χ0) is 17.2. The Labute approximate surface area is 143 Å². The van der Waals surface area contributed by atoms with Crippen molar-refractivity contribution in [3.05, 3.63) is 42.1 Å². The van der Waals surface area contributed by atoms with Gasteiger partial charge in [0.15, 0.2) is 0 Å². The molecule has 0 atom stereocenters. The number of para-hydroxylation sites is 1. The van der Waals surface area contributed by atoms with Crippen molar-refractivity contribution in [2.75, 3.05) is 26.2 Å². The fraction of sp³-hybridized carbons (Fsp3) is 0.474. The maximum atomic E-state index is 12.1. The standard InChI is InChI=1S/C19H25N3O2/c1-19(2,3)24-18(23)22-12-10-21(11-13-22)14-16-7-4-6-15-8-5-9-20-17(15)16/h4-9H,10-14H2,1-3H3. The summed E-state index contributed by atoms with van der Waals surface area (Å²) in [7, 11) is 0. The molecule has 0 N–H and O–H groups in total. The Morgan fingerprint density at radius 1 is 1.12 bits per heavy atom. The molecule has 1 aromatic heterocycles. The number of hydrogen-bond acceptors (Lipinski definition) is 4. The number of rotatable bonds is 2. The molecule has 24 heavy (non-hydrogen) atoms. The maximum absolute atomic E-state index is 12.1. The van der Waals surface area contributed by atoms with Crippen LogP contribution in [-0.2, 0) is 11.3 Å². The van der Waals surface area contributed by atoms with Gasteiger partial charge in [-0.3, -0.25) is 9.88 Å². The van der Waals surface area contributed by atoms with Crippen LogP contribution in [0.15, 0.2) is 36.5 Å². The fourth-order valence-electron chi connectivity index (χ4n) is 2.95. The molecule has 0 saturated carbocycles. The summed E-state index contributed by atoms with van der Waals surface area (Å²) in [6.45, 7) is 9.65. The van der Waals surface area contributed by atoms with E-state index in [0.29, 0.717) is 13.1 Å². The van der Waals surface area contributed by atoms with E-state index in [1.165, 1.54) is 10.9 Å². The molecule has 1 amide bonds. The smallest absolute Gasteiger partial charge is 0.410 e. The molecule has 3 rings (SSSR count). The molecular formula is C19H25N3O2. The Balaban J connectivity index is 1.60. The van der Waals surface area contributed by atoms with E-state index in [-0.39, 0.29) is 6.09 Å². The number of aromatic nitrogens is 1. The number of carbonyl (C=O) groups is 1. The number of amides is 1. The molecule has 0 bridgehead atoms. The average Bonchev–Trinajstić information content (AvgIpc) is 2.54. The Kier molecular flexibility index (Phi) is 4.71. The van der Waals surface area contributed by atoms with Gasteiger partial charge in [-0.15, -0.1) is 0 Å². The lowest BCUT2D eigenvalue weighted by molar-refractivity contribution is 0.0139. The molecule has 0 radical (unpaired) electrons. The largest absolute Gasteiger partial charge is 0.444 e. The third kappa shape index (κ3) is 4.03. The van der Waals surface area contributed by atoms with Crippen LogP contribution < -0.4 is 0 Å². The molecule has 128 valence electrons. The predicted octanol–water partition coefficient (Wildman–Crippen LogP) is 3.29. The van der Waals surface area contributed by atoms with Gasteiger partial charge in [-0.05, 0) is 32.4 Å². The van der Waals surface area contributed by atoms with Crippen molar-refractivity contribution in [1.82, 2.24) is 14.8 Å². The Bertz CT molecular complexity index is 711. The third-order valence-electron chi connectivity index (χ3n) is 4.13. The summed E-state index contributed by atoms with van der Waals surface area (Å²) in [4.78, 5) is 20.8. The molecule has 1 aliphatic heterocycles. The molecule has 5 heteroatoms. The van der Waals surface area contributed by atoms with E-state index in [1.54, 1.807) is 4.90 Å². The van der Waals surface area contributed by atoms with Crippen LogP contribution in [0.3, 0.4) is 0 Å². The van der Waals surface area contributed by atoms with E-state index in [1.807, 2.05) is 33.0 Å². The zero-order valence-electron chi connectivity index (χ0n) is 14.7. The second-order valence-electron chi connectivity index (χ2n) is 7.24. The lowest BCUT2D eigenvalue weighted by Gasteiger charge is -2.35. The summed E-state index contributed by atoms with van der Waals surface area (Å²) in [6.07, 6.45) is 1.63. The first-order valence-electron chi connectivity index (χ1n) is 8.45. The van der Waals surface area contributed by atoms with Gasteiger partial charge in [0.1, 0.15) is 5.60 Å². The van der Waals surface area contributed by atoms with E-state index in [2.05, 4.69) is 34.1 Å². The van der Waals surface area contributed by atoms with Gasteiger partial charge >= 0.3 is 6.09 Å². The number of benzene rings is 1. The summed E-state index contributed by atoms with van der Waals surface area (Å²) in [5.74, 6) is 0. The normalized spacial score (nSPS) is 16.4. The van der Waals surface area contributed by atoms with Crippen LogP contribution in [0.25, 0.3) is 10.9 Å². The van der Waals surface area contributed by atoms with Crippen LogP contribution in [0.4, 0.5) is 4.79 Å². The number of fused-ring (bicyclic) bond motifs is 1. The van der Waals surface area contributed by atoms with Crippen LogP contribution in [-0.4, -0.2) is 52.7 Å². The summed E-state index contributed by atoms with van der Waals surface area (Å²) in [5.41, 5.74) is 1.86. The first-order valence-corrected chi connectivity index (χ1v) is 8.45. The van der Waals surface area contributed by atoms with Gasteiger partial charge in [-0.2, -0.15) is 0 Å². The lowest BCUT2D eigenvalue weighted by atomic mass is 10.1. The van der Waals surface area contributed by atoms with Gasteiger partial charge in [-0.25, -0.2) is 4.79 Å². The van der Waals surface area contributed by atoms with E-state index < -0.39 is 5.60 Å². The van der Waals surface area contributed by atoms with Crippen LogP contribution in [0.5, 0.6) is 0 Å². The van der Waals surface area contributed by atoms with Gasteiger partial charge in [0.2, 0.25) is 0 Å². The van der Waals surface area contributed by atoms with E-state index >= 15 is 0 Å². The molecular weight excluding hydrogens is 302 g/mol. The van der Waals surface area contributed by atoms with Crippen molar-refractivity contribution >= 4 is 17.0 Å². The quantitative estimate of drug-likeness (QED) is 0.849. The molecule has 1 aliphatic rings. The Morgan fingerprint density at radius 3 is 2.54 bits per heavy atom. The van der Waals surface area contributed by atoms with Crippen molar-refractivity contribution in [2.24, 2.45) is 0 Å². The molecule has 5 nitrogen and oxygen atoms in total. The highest BCUT2D eigenvalue weighted by molar-refractivity contribution is 5.81. The molecule has 0 spiro atoms. The minimum Gasteiger partial charge on any atom is -0.444 e. The molecule has 1 aromatic carbocycles. The number of ether oxygens (including phenoxy) is 1. The average molecular weight is 327 g/mol. The monoisotopic (exact) mass is 327 g/mol. The molecule has 0 unspecified atom stereocenters. The number of carbonyl (C=O) groups excluding carboxylic acids is 1. The Hall–Kier alpha value is -2.14. The van der Waals surface area contributed by atoms with E-state index in [0.717, 1.165) is 25.2 Å². The maximum Gasteiger partial charge on any atom is 0.410 e. The second kappa shape index (κ2) is 6.77. The highest BCUT2D eigenvalue weighted by atomic mass is 16.6. The number of pyridine rings is 1. The summed E-state index contributed by atoms with van der Waals surface area (Å²) in [6, 6.07) is 10.4. The molecule has 1 saturated heterocycles. The van der Waals surface area contributed by atoms with Gasteiger partial charge < -0.3 is 9.64 Å². The third-order valence-corrected chi connectivity index (χ3v) is 4.13. The van der Waals surface area contributed by atoms with Crippen molar-refractivity contribution in [3.63, 3.8) is 0 Å². The Morgan fingerprint density at radius 2 is 1.83 bits per heavy atom. The summed E-state index contributed by atoms with van der Waals surface area (Å²) < 4.78 is 5.45. The van der Waals surface area contributed by atoms with Gasteiger partial charge in [0.25, 0.3) is 0 Å². The number of piperazine rings is 1. The highest BCUT2D eigenvalue weighted by Crippen LogP contribution is 2.19. The van der Waals surface area contributed by atoms with Gasteiger partial charge in [0, 0.05) is 44.3 Å². The minimum atomic E-state index is -0.442. The van der Waals surface area contributed by atoms with Gasteiger partial charge in [-0.1, -0.05) is 24.3 Å². The fourth-order valence-corrected chi connectivity index (χ4v) is 2.95. The van der Waals surface area contributed by atoms with Crippen LogP contribution >= 0.6 is 0 Å². The van der Waals surface area contributed by atoms with Gasteiger partial charge in [0.05, 0.1) is 5.52 Å². The highest BCUT2D eigenvalue weighted by Gasteiger charge is 2.25. The van der Waals surface area contributed by atoms with Crippen molar-refractivity contribution in [3.8, 4) is 0 Å². The molecule has 2 heterocycles. The number of nitrogens with zero attached hydrogens (tertiary/aromatic N) is 3. The summed E-state index contributed by atoms with van der Waals surface area (Å²) in [5, 5.41) is 1.17. The summed E-state index contributed by atoms with van der Waals surface area (Å²) >= 11 is 0. The van der Waals surface area contributed by atoms with Crippen molar-refractivity contribution in [2.45, 2.75) is 32.9 Å². The van der Waals surface area contributed by atoms with Crippen LogP contribution in [0.2, 0.25) is 0 Å². The van der Waals surface area contributed by atoms with E-state index in [4.69, 9.17) is 4.74 Å². The minimum absolute atomic E-state index is 0.214. The first-order chi connectivity index (χ1) is 11.4. The van der Waals surface area contributed by atoms with E-state index in [9.17, 15) is 4.79 Å². The second-order valence-corrected chi connectivity index (χ2v) is 7.24. The van der Waals surface area contributed by atoms with Crippen molar-refractivity contribution < 1.29 is 9.53 Å². The first kappa shape index (κ1) is 16.7.